The van der Waals surface area contributed by atoms with Crippen molar-refractivity contribution in [3.8, 4) is 0 Å². The maximum Gasteiger partial charge on any atom is 0.0642 e. The molecule has 1 saturated heterocycles. The Kier molecular flexibility index (Phi) is 3.07. The Morgan fingerprint density at radius 2 is 2.07 bits per heavy atom. The van der Waals surface area contributed by atoms with Crippen LogP contribution in [0.25, 0.3) is 5.70 Å². The van der Waals surface area contributed by atoms with Crippen LogP contribution in [0.5, 0.6) is 0 Å². The van der Waals surface area contributed by atoms with Gasteiger partial charge in [0.25, 0.3) is 0 Å². The van der Waals surface area contributed by atoms with Crippen LogP contribution < -0.4 is 0 Å². The smallest absolute Gasteiger partial charge is 0.0642 e. The number of hydrogen-bond donors (Lipinski definition) is 0. The highest BCUT2D eigenvalue weighted by Gasteiger charge is 2.13. The molecule has 1 aromatic carbocycles. The van der Waals surface area contributed by atoms with E-state index in [2.05, 4.69) is 42.7 Å². The van der Waals surface area contributed by atoms with Crippen LogP contribution in [-0.2, 0) is 4.74 Å². The maximum absolute atomic E-state index is 5.33. The quantitative estimate of drug-likeness (QED) is 0.731. The Labute approximate surface area is 91.2 Å². The zero-order chi connectivity index (χ0) is 10.7. The molecule has 80 valence electrons. The molecule has 15 heavy (non-hydrogen) atoms. The lowest BCUT2D eigenvalue weighted by molar-refractivity contribution is 0.0641. The summed E-state index contributed by atoms with van der Waals surface area (Å²) in [5, 5.41) is 0. The topological polar surface area (TPSA) is 12.5 Å². The maximum atomic E-state index is 5.33. The summed E-state index contributed by atoms with van der Waals surface area (Å²) >= 11 is 0. The van der Waals surface area contributed by atoms with Gasteiger partial charge >= 0.3 is 0 Å². The van der Waals surface area contributed by atoms with Gasteiger partial charge in [-0.1, -0.05) is 30.3 Å². The SMILES string of the molecule is C=C(c1cccc(C)c1)N1CCOCC1. The molecule has 0 amide bonds. The first-order valence-electron chi connectivity index (χ1n) is 5.36. The Morgan fingerprint density at radius 3 is 2.73 bits per heavy atom. The predicted octanol–water partition coefficient (Wildman–Crippen LogP) is 2.30. The lowest BCUT2D eigenvalue weighted by atomic mass is 10.1. The van der Waals surface area contributed by atoms with Crippen LogP contribution in [0.4, 0.5) is 0 Å². The number of hydrogen-bond acceptors (Lipinski definition) is 2. The summed E-state index contributed by atoms with van der Waals surface area (Å²) in [4.78, 5) is 2.29. The molecule has 2 nitrogen and oxygen atoms in total. The standard InChI is InChI=1S/C13H17NO/c1-11-4-3-5-13(10-11)12(2)14-6-8-15-9-7-14/h3-5,10H,2,6-9H2,1H3. The van der Waals surface area contributed by atoms with Gasteiger partial charge in [-0.05, 0) is 18.6 Å². The highest BCUT2D eigenvalue weighted by molar-refractivity contribution is 5.62. The van der Waals surface area contributed by atoms with Gasteiger partial charge < -0.3 is 9.64 Å². The molecule has 0 radical (unpaired) electrons. The second kappa shape index (κ2) is 4.49. The van der Waals surface area contributed by atoms with Crippen LogP contribution >= 0.6 is 0 Å². The van der Waals surface area contributed by atoms with Crippen molar-refractivity contribution in [2.24, 2.45) is 0 Å². The van der Waals surface area contributed by atoms with Crippen molar-refractivity contribution in [1.29, 1.82) is 0 Å². The van der Waals surface area contributed by atoms with Crippen LogP contribution in [-0.4, -0.2) is 31.2 Å². The fourth-order valence-electron chi connectivity index (χ4n) is 1.84. The van der Waals surface area contributed by atoms with Gasteiger partial charge in [-0.3, -0.25) is 0 Å². The highest BCUT2D eigenvalue weighted by Crippen LogP contribution is 2.19. The second-order valence-electron chi connectivity index (χ2n) is 3.92. The van der Waals surface area contributed by atoms with Crippen molar-refractivity contribution >= 4 is 5.70 Å². The molecule has 1 aromatic rings. The van der Waals surface area contributed by atoms with Gasteiger partial charge in [-0.2, -0.15) is 0 Å². The predicted molar refractivity (Wildman–Crippen MR) is 62.6 cm³/mol. The molecule has 0 atom stereocenters. The molecule has 1 heterocycles. The Balaban J connectivity index is 2.12. The van der Waals surface area contributed by atoms with Gasteiger partial charge in [0.15, 0.2) is 0 Å². The van der Waals surface area contributed by atoms with E-state index < -0.39 is 0 Å². The van der Waals surface area contributed by atoms with E-state index in [0.717, 1.165) is 32.0 Å². The van der Waals surface area contributed by atoms with Gasteiger partial charge in [-0.25, -0.2) is 0 Å². The molecule has 2 rings (SSSR count). The zero-order valence-electron chi connectivity index (χ0n) is 9.20. The minimum atomic E-state index is 0.810. The third-order valence-electron chi connectivity index (χ3n) is 2.74. The molecule has 1 aliphatic heterocycles. The number of benzene rings is 1. The number of ether oxygens (including phenoxy) is 1. The Bertz CT molecular complexity index is 353. The lowest BCUT2D eigenvalue weighted by Gasteiger charge is -2.30. The van der Waals surface area contributed by atoms with Crippen LogP contribution in [0.15, 0.2) is 30.8 Å². The molecule has 0 saturated carbocycles. The zero-order valence-corrected chi connectivity index (χ0v) is 9.20. The molecular weight excluding hydrogens is 186 g/mol. The number of morpholine rings is 1. The van der Waals surface area contributed by atoms with E-state index in [4.69, 9.17) is 4.74 Å². The molecular formula is C13H17NO. The van der Waals surface area contributed by atoms with Crippen molar-refractivity contribution in [3.05, 3.63) is 42.0 Å². The summed E-state index contributed by atoms with van der Waals surface area (Å²) in [6.07, 6.45) is 0. The second-order valence-corrected chi connectivity index (χ2v) is 3.92. The van der Waals surface area contributed by atoms with E-state index >= 15 is 0 Å². The summed E-state index contributed by atoms with van der Waals surface area (Å²) in [5.41, 5.74) is 3.61. The largest absolute Gasteiger partial charge is 0.378 e. The molecule has 0 spiro atoms. The summed E-state index contributed by atoms with van der Waals surface area (Å²) in [6, 6.07) is 8.48. The fraction of sp³-hybridized carbons (Fsp3) is 0.385. The first kappa shape index (κ1) is 10.2. The summed E-state index contributed by atoms with van der Waals surface area (Å²) in [6.45, 7) is 9.79. The van der Waals surface area contributed by atoms with Gasteiger partial charge in [0.2, 0.25) is 0 Å². The normalized spacial score (nSPS) is 16.5. The first-order chi connectivity index (χ1) is 7.27. The molecule has 0 unspecified atom stereocenters. The van der Waals surface area contributed by atoms with Crippen LogP contribution in [0.2, 0.25) is 0 Å². The minimum Gasteiger partial charge on any atom is -0.378 e. The summed E-state index contributed by atoms with van der Waals surface area (Å²) < 4.78 is 5.33. The van der Waals surface area contributed by atoms with Crippen molar-refractivity contribution in [1.82, 2.24) is 4.90 Å². The van der Waals surface area contributed by atoms with Crippen molar-refractivity contribution < 1.29 is 4.74 Å². The highest BCUT2D eigenvalue weighted by atomic mass is 16.5. The number of rotatable bonds is 2. The van der Waals surface area contributed by atoms with E-state index in [9.17, 15) is 0 Å². The van der Waals surface area contributed by atoms with E-state index in [-0.39, 0.29) is 0 Å². The van der Waals surface area contributed by atoms with Gasteiger partial charge in [0.1, 0.15) is 0 Å². The third kappa shape index (κ3) is 2.39. The first-order valence-corrected chi connectivity index (χ1v) is 5.36. The van der Waals surface area contributed by atoms with E-state index in [1.807, 2.05) is 0 Å². The number of nitrogens with zero attached hydrogens (tertiary/aromatic N) is 1. The van der Waals surface area contributed by atoms with Crippen LogP contribution in [0.3, 0.4) is 0 Å². The van der Waals surface area contributed by atoms with E-state index in [1.165, 1.54) is 11.1 Å². The number of aryl methyl sites for hydroxylation is 1. The third-order valence-corrected chi connectivity index (χ3v) is 2.74. The van der Waals surface area contributed by atoms with Gasteiger partial charge in [0, 0.05) is 18.8 Å². The molecule has 1 fully saturated rings. The van der Waals surface area contributed by atoms with Crippen LogP contribution in [0.1, 0.15) is 11.1 Å². The molecule has 0 aromatic heterocycles. The van der Waals surface area contributed by atoms with Crippen molar-refractivity contribution in [3.63, 3.8) is 0 Å². The Morgan fingerprint density at radius 1 is 1.33 bits per heavy atom. The van der Waals surface area contributed by atoms with Crippen LogP contribution in [0, 0.1) is 6.92 Å². The average Bonchev–Trinajstić information content (AvgIpc) is 2.29. The van der Waals surface area contributed by atoms with E-state index in [0.29, 0.717) is 0 Å². The summed E-state index contributed by atoms with van der Waals surface area (Å²) in [5.74, 6) is 0. The Hall–Kier alpha value is -1.28. The molecule has 0 N–H and O–H groups in total. The lowest BCUT2D eigenvalue weighted by Crippen LogP contribution is -2.34. The van der Waals surface area contributed by atoms with Gasteiger partial charge in [0.05, 0.1) is 13.2 Å². The molecule has 1 aliphatic rings. The van der Waals surface area contributed by atoms with E-state index in [1.54, 1.807) is 0 Å². The fourth-order valence-corrected chi connectivity index (χ4v) is 1.84. The minimum absolute atomic E-state index is 0.810. The molecule has 0 bridgehead atoms. The van der Waals surface area contributed by atoms with Gasteiger partial charge in [-0.15, -0.1) is 0 Å². The van der Waals surface area contributed by atoms with Crippen molar-refractivity contribution in [2.45, 2.75) is 6.92 Å². The monoisotopic (exact) mass is 203 g/mol. The molecule has 0 aliphatic carbocycles. The average molecular weight is 203 g/mol. The van der Waals surface area contributed by atoms with Crippen molar-refractivity contribution in [2.75, 3.05) is 26.3 Å². The summed E-state index contributed by atoms with van der Waals surface area (Å²) in [7, 11) is 0. The molecule has 2 heteroatoms.